The van der Waals surface area contributed by atoms with Crippen molar-refractivity contribution in [2.75, 3.05) is 13.2 Å². The summed E-state index contributed by atoms with van der Waals surface area (Å²) in [6.45, 7) is 6.51. The Labute approximate surface area is 112 Å². The molecule has 4 heteroatoms. The van der Waals surface area contributed by atoms with Crippen molar-refractivity contribution >= 4 is 16.9 Å². The van der Waals surface area contributed by atoms with E-state index in [-0.39, 0.29) is 5.97 Å². The van der Waals surface area contributed by atoms with Crippen LogP contribution in [-0.4, -0.2) is 24.2 Å². The summed E-state index contributed by atoms with van der Waals surface area (Å²) in [6, 6.07) is 7.29. The number of rotatable bonds is 4. The highest BCUT2D eigenvalue weighted by molar-refractivity contribution is 6.03. The molecule has 100 valence electrons. The number of fused-ring (bicyclic) bond motifs is 1. The molecule has 0 atom stereocenters. The smallest absolute Gasteiger partial charge is 0.338 e. The summed E-state index contributed by atoms with van der Waals surface area (Å²) in [6.07, 6.45) is 0. The van der Waals surface area contributed by atoms with E-state index in [1.807, 2.05) is 32.0 Å². The lowest BCUT2D eigenvalue weighted by atomic mass is 10.1. The first-order valence-electron chi connectivity index (χ1n) is 6.37. The van der Waals surface area contributed by atoms with Gasteiger partial charge in [0.1, 0.15) is 5.75 Å². The Hall–Kier alpha value is -2.10. The molecule has 0 fully saturated rings. The second-order valence-corrected chi connectivity index (χ2v) is 4.14. The van der Waals surface area contributed by atoms with Crippen LogP contribution in [0, 0.1) is 6.92 Å². The largest absolute Gasteiger partial charge is 0.494 e. The minimum atomic E-state index is -0.327. The van der Waals surface area contributed by atoms with Gasteiger partial charge in [-0.25, -0.2) is 4.79 Å². The molecule has 2 rings (SSSR count). The van der Waals surface area contributed by atoms with Crippen molar-refractivity contribution in [1.29, 1.82) is 0 Å². The first-order chi connectivity index (χ1) is 9.15. The van der Waals surface area contributed by atoms with E-state index in [4.69, 9.17) is 9.47 Å². The molecule has 0 unspecified atom stereocenters. The van der Waals surface area contributed by atoms with Gasteiger partial charge in [0.15, 0.2) is 0 Å². The molecular formula is C15H17NO3. The molecule has 1 aromatic carbocycles. The van der Waals surface area contributed by atoms with Crippen molar-refractivity contribution in [3.8, 4) is 5.75 Å². The van der Waals surface area contributed by atoms with Crippen molar-refractivity contribution in [3.05, 3.63) is 35.5 Å². The average molecular weight is 259 g/mol. The van der Waals surface area contributed by atoms with E-state index in [1.54, 1.807) is 13.0 Å². The van der Waals surface area contributed by atoms with Gasteiger partial charge in [0.05, 0.1) is 24.3 Å². The van der Waals surface area contributed by atoms with Gasteiger partial charge in [0.2, 0.25) is 0 Å². The number of hydrogen-bond acceptors (Lipinski definition) is 4. The van der Waals surface area contributed by atoms with E-state index < -0.39 is 0 Å². The molecule has 0 radical (unpaired) electrons. The Morgan fingerprint density at radius 1 is 1.21 bits per heavy atom. The fourth-order valence-corrected chi connectivity index (χ4v) is 1.97. The highest BCUT2D eigenvalue weighted by Gasteiger charge is 2.13. The second kappa shape index (κ2) is 5.69. The fraction of sp³-hybridized carbons (Fsp3) is 0.333. The molecule has 1 heterocycles. The van der Waals surface area contributed by atoms with Gasteiger partial charge in [-0.3, -0.25) is 4.98 Å². The van der Waals surface area contributed by atoms with Gasteiger partial charge in [-0.2, -0.15) is 0 Å². The van der Waals surface area contributed by atoms with Crippen LogP contribution in [0.4, 0.5) is 0 Å². The van der Waals surface area contributed by atoms with Crippen molar-refractivity contribution in [3.63, 3.8) is 0 Å². The maximum atomic E-state index is 12.0. The normalized spacial score (nSPS) is 10.5. The number of esters is 1. The summed E-state index contributed by atoms with van der Waals surface area (Å²) >= 11 is 0. The highest BCUT2D eigenvalue weighted by atomic mass is 16.5. The monoisotopic (exact) mass is 259 g/mol. The Bertz CT molecular complexity index is 608. The zero-order chi connectivity index (χ0) is 13.8. The number of ether oxygens (including phenoxy) is 2. The van der Waals surface area contributed by atoms with Crippen LogP contribution < -0.4 is 4.74 Å². The third-order valence-corrected chi connectivity index (χ3v) is 2.71. The van der Waals surface area contributed by atoms with Crippen molar-refractivity contribution in [2.45, 2.75) is 20.8 Å². The lowest BCUT2D eigenvalue weighted by molar-refractivity contribution is 0.0528. The highest BCUT2D eigenvalue weighted by Crippen LogP contribution is 2.24. The van der Waals surface area contributed by atoms with Crippen LogP contribution in [-0.2, 0) is 4.74 Å². The zero-order valence-corrected chi connectivity index (χ0v) is 11.4. The molecule has 0 aliphatic rings. The molecule has 19 heavy (non-hydrogen) atoms. The Balaban J connectivity index is 2.58. The van der Waals surface area contributed by atoms with Crippen LogP contribution in [0.15, 0.2) is 24.3 Å². The minimum Gasteiger partial charge on any atom is -0.494 e. The number of aryl methyl sites for hydroxylation is 1. The number of carbonyl (C=O) groups is 1. The average Bonchev–Trinajstić information content (AvgIpc) is 2.39. The number of hydrogen-bond donors (Lipinski definition) is 0. The van der Waals surface area contributed by atoms with Crippen LogP contribution in [0.5, 0.6) is 5.75 Å². The van der Waals surface area contributed by atoms with Gasteiger partial charge >= 0.3 is 5.97 Å². The number of aromatic nitrogens is 1. The van der Waals surface area contributed by atoms with Gasteiger partial charge in [-0.05, 0) is 45.0 Å². The summed E-state index contributed by atoms with van der Waals surface area (Å²) in [5, 5.41) is 0.759. The van der Waals surface area contributed by atoms with Gasteiger partial charge in [-0.15, -0.1) is 0 Å². The molecule has 0 bridgehead atoms. The summed E-state index contributed by atoms with van der Waals surface area (Å²) < 4.78 is 10.5. The van der Waals surface area contributed by atoms with Crippen LogP contribution in [0.25, 0.3) is 10.9 Å². The first-order valence-corrected chi connectivity index (χ1v) is 6.37. The Morgan fingerprint density at radius 3 is 2.68 bits per heavy atom. The Morgan fingerprint density at radius 2 is 2.00 bits per heavy atom. The number of carbonyl (C=O) groups excluding carboxylic acids is 1. The van der Waals surface area contributed by atoms with Gasteiger partial charge in [0.25, 0.3) is 0 Å². The van der Waals surface area contributed by atoms with E-state index >= 15 is 0 Å². The van der Waals surface area contributed by atoms with E-state index in [0.717, 1.165) is 22.3 Å². The second-order valence-electron chi connectivity index (χ2n) is 4.14. The molecule has 1 aromatic heterocycles. The predicted octanol–water partition coefficient (Wildman–Crippen LogP) is 3.12. The van der Waals surface area contributed by atoms with Crippen LogP contribution >= 0.6 is 0 Å². The quantitative estimate of drug-likeness (QED) is 0.791. The third-order valence-electron chi connectivity index (χ3n) is 2.71. The molecule has 0 N–H and O–H groups in total. The Kier molecular flexibility index (Phi) is 4.00. The first kappa shape index (κ1) is 13.3. The molecular weight excluding hydrogens is 242 g/mol. The van der Waals surface area contributed by atoms with Gasteiger partial charge in [0, 0.05) is 11.1 Å². The molecule has 0 aliphatic carbocycles. The lowest BCUT2D eigenvalue weighted by Gasteiger charge is -2.09. The van der Waals surface area contributed by atoms with Crippen molar-refractivity contribution < 1.29 is 14.3 Å². The van der Waals surface area contributed by atoms with E-state index in [1.165, 1.54) is 0 Å². The molecule has 0 saturated heterocycles. The van der Waals surface area contributed by atoms with Crippen molar-refractivity contribution in [1.82, 2.24) is 4.98 Å². The van der Waals surface area contributed by atoms with Crippen molar-refractivity contribution in [2.24, 2.45) is 0 Å². The summed E-state index contributed by atoms with van der Waals surface area (Å²) in [5.74, 6) is 0.401. The molecule has 0 amide bonds. The number of nitrogens with zero attached hydrogens (tertiary/aromatic N) is 1. The number of pyridine rings is 1. The predicted molar refractivity (Wildman–Crippen MR) is 73.6 cm³/mol. The maximum Gasteiger partial charge on any atom is 0.338 e. The van der Waals surface area contributed by atoms with Gasteiger partial charge < -0.3 is 9.47 Å². The zero-order valence-electron chi connectivity index (χ0n) is 11.4. The maximum absolute atomic E-state index is 12.0. The van der Waals surface area contributed by atoms with Crippen LogP contribution in [0.3, 0.4) is 0 Å². The molecule has 0 spiro atoms. The lowest BCUT2D eigenvalue weighted by Crippen LogP contribution is -2.06. The minimum absolute atomic E-state index is 0.327. The fourth-order valence-electron chi connectivity index (χ4n) is 1.97. The van der Waals surface area contributed by atoms with Crippen LogP contribution in [0.2, 0.25) is 0 Å². The summed E-state index contributed by atoms with van der Waals surface area (Å²) in [4.78, 5) is 16.4. The van der Waals surface area contributed by atoms with E-state index in [2.05, 4.69) is 4.98 Å². The topological polar surface area (TPSA) is 48.4 Å². The third kappa shape index (κ3) is 2.84. The molecule has 0 aliphatic heterocycles. The standard InChI is InChI=1S/C15H17NO3/c1-4-18-11-6-7-14-12(9-11)13(8-10(3)16-14)15(17)19-5-2/h6-9H,4-5H2,1-3H3. The molecule has 0 saturated carbocycles. The number of benzene rings is 1. The molecule has 4 nitrogen and oxygen atoms in total. The summed E-state index contributed by atoms with van der Waals surface area (Å²) in [7, 11) is 0. The SMILES string of the molecule is CCOC(=O)c1cc(C)nc2ccc(OCC)cc12. The van der Waals surface area contributed by atoms with Crippen LogP contribution in [0.1, 0.15) is 29.9 Å². The molecule has 2 aromatic rings. The van der Waals surface area contributed by atoms with Gasteiger partial charge in [-0.1, -0.05) is 0 Å². The summed E-state index contributed by atoms with van der Waals surface area (Å²) in [5.41, 5.74) is 2.09. The van der Waals surface area contributed by atoms with E-state index in [0.29, 0.717) is 18.8 Å². The van der Waals surface area contributed by atoms with E-state index in [9.17, 15) is 4.79 Å².